The first-order valence-corrected chi connectivity index (χ1v) is 7.34. The van der Waals surface area contributed by atoms with Crippen LogP contribution in [0.1, 0.15) is 11.0 Å². The molecule has 4 rings (SSSR count). The first kappa shape index (κ1) is 11.8. The van der Waals surface area contributed by atoms with Crippen LogP contribution in [0.4, 0.5) is 5.82 Å². The third kappa shape index (κ3) is 1.95. The van der Waals surface area contributed by atoms with Crippen LogP contribution in [-0.4, -0.2) is 39.3 Å². The summed E-state index contributed by atoms with van der Waals surface area (Å²) in [7, 11) is 0. The standard InChI is InChI=1S/C13H13N5OS/c1-2-11(20-7-1)10-8-17(5-6-19-10)12-13-16-15-9-18(13)4-3-14-12/h1-4,7,9-10H,5-6,8H2/t10-/m0/s1. The van der Waals surface area contributed by atoms with E-state index in [9.17, 15) is 0 Å². The van der Waals surface area contributed by atoms with Crippen molar-refractivity contribution in [3.05, 3.63) is 41.1 Å². The molecule has 0 N–H and O–H groups in total. The molecule has 0 radical (unpaired) electrons. The lowest BCUT2D eigenvalue weighted by Crippen LogP contribution is -2.38. The van der Waals surface area contributed by atoms with Crippen LogP contribution < -0.4 is 4.90 Å². The Kier molecular flexibility index (Phi) is 2.86. The van der Waals surface area contributed by atoms with Gasteiger partial charge in [-0.3, -0.25) is 4.40 Å². The van der Waals surface area contributed by atoms with E-state index < -0.39 is 0 Å². The molecule has 1 fully saturated rings. The highest BCUT2D eigenvalue weighted by atomic mass is 32.1. The number of morpholine rings is 1. The van der Waals surface area contributed by atoms with Crippen LogP contribution in [0.15, 0.2) is 36.2 Å². The highest BCUT2D eigenvalue weighted by Gasteiger charge is 2.25. The van der Waals surface area contributed by atoms with Crippen LogP contribution in [0, 0.1) is 0 Å². The smallest absolute Gasteiger partial charge is 0.203 e. The molecule has 1 aliphatic rings. The van der Waals surface area contributed by atoms with E-state index in [0.717, 1.165) is 24.6 Å². The number of fused-ring (bicyclic) bond motifs is 1. The van der Waals surface area contributed by atoms with E-state index in [1.54, 1.807) is 23.9 Å². The lowest BCUT2D eigenvalue weighted by Gasteiger charge is -2.33. The number of rotatable bonds is 2. The molecule has 0 unspecified atom stereocenters. The van der Waals surface area contributed by atoms with Gasteiger partial charge < -0.3 is 9.64 Å². The Morgan fingerprint density at radius 1 is 1.40 bits per heavy atom. The number of nitrogens with zero attached hydrogens (tertiary/aromatic N) is 5. The zero-order valence-electron chi connectivity index (χ0n) is 10.7. The van der Waals surface area contributed by atoms with Crippen molar-refractivity contribution >= 4 is 22.8 Å². The van der Waals surface area contributed by atoms with Gasteiger partial charge >= 0.3 is 0 Å². The Balaban J connectivity index is 1.66. The zero-order valence-corrected chi connectivity index (χ0v) is 11.5. The largest absolute Gasteiger partial charge is 0.369 e. The first-order valence-electron chi connectivity index (χ1n) is 6.46. The van der Waals surface area contributed by atoms with Crippen molar-refractivity contribution in [2.45, 2.75) is 6.10 Å². The molecule has 0 spiro atoms. The molecule has 6 nitrogen and oxygen atoms in total. The molecule has 1 atom stereocenters. The van der Waals surface area contributed by atoms with E-state index in [1.807, 2.05) is 10.6 Å². The monoisotopic (exact) mass is 287 g/mol. The van der Waals surface area contributed by atoms with Crippen molar-refractivity contribution in [3.8, 4) is 0 Å². The lowest BCUT2D eigenvalue weighted by molar-refractivity contribution is 0.0419. The van der Waals surface area contributed by atoms with Crippen molar-refractivity contribution < 1.29 is 4.74 Å². The highest BCUT2D eigenvalue weighted by molar-refractivity contribution is 7.10. The maximum atomic E-state index is 5.87. The minimum Gasteiger partial charge on any atom is -0.369 e. The van der Waals surface area contributed by atoms with E-state index in [1.165, 1.54) is 4.88 Å². The second-order valence-electron chi connectivity index (χ2n) is 4.63. The number of aromatic nitrogens is 4. The molecule has 3 aromatic heterocycles. The van der Waals surface area contributed by atoms with Crippen LogP contribution in [0.25, 0.3) is 5.65 Å². The van der Waals surface area contributed by atoms with E-state index in [-0.39, 0.29) is 6.10 Å². The molecule has 1 saturated heterocycles. The third-order valence-corrected chi connectivity index (χ3v) is 4.39. The van der Waals surface area contributed by atoms with Gasteiger partial charge in [0.15, 0.2) is 5.82 Å². The molecule has 7 heteroatoms. The zero-order chi connectivity index (χ0) is 13.4. The molecule has 0 saturated carbocycles. The summed E-state index contributed by atoms with van der Waals surface area (Å²) in [6.45, 7) is 2.31. The van der Waals surface area contributed by atoms with E-state index in [0.29, 0.717) is 6.61 Å². The van der Waals surface area contributed by atoms with Crippen molar-refractivity contribution in [1.29, 1.82) is 0 Å². The summed E-state index contributed by atoms with van der Waals surface area (Å²) in [5.74, 6) is 0.870. The molecule has 102 valence electrons. The summed E-state index contributed by atoms with van der Waals surface area (Å²) in [5, 5.41) is 10.2. The molecular formula is C13H13N5OS. The van der Waals surface area contributed by atoms with Gasteiger partial charge in [0, 0.05) is 23.8 Å². The maximum Gasteiger partial charge on any atom is 0.203 e. The number of anilines is 1. The van der Waals surface area contributed by atoms with Crippen LogP contribution in [0.5, 0.6) is 0 Å². The maximum absolute atomic E-state index is 5.87. The summed E-state index contributed by atoms with van der Waals surface area (Å²) < 4.78 is 7.75. The van der Waals surface area contributed by atoms with Gasteiger partial charge in [-0.15, -0.1) is 21.5 Å². The Labute approximate surface area is 119 Å². The Morgan fingerprint density at radius 2 is 2.40 bits per heavy atom. The summed E-state index contributed by atoms with van der Waals surface area (Å²) >= 11 is 1.73. The molecule has 0 aliphatic carbocycles. The Bertz CT molecular complexity index is 710. The second kappa shape index (κ2) is 4.84. The fourth-order valence-corrected chi connectivity index (χ4v) is 3.22. The van der Waals surface area contributed by atoms with Crippen molar-refractivity contribution in [2.24, 2.45) is 0 Å². The lowest BCUT2D eigenvalue weighted by atomic mass is 10.2. The first-order chi connectivity index (χ1) is 9.92. The van der Waals surface area contributed by atoms with Crippen molar-refractivity contribution in [1.82, 2.24) is 19.6 Å². The third-order valence-electron chi connectivity index (χ3n) is 3.42. The fourth-order valence-electron chi connectivity index (χ4n) is 2.46. The SMILES string of the molecule is c1csc([C@@H]2CN(c3nccn4cnnc34)CCO2)c1. The van der Waals surface area contributed by atoms with Crippen LogP contribution in [0.3, 0.4) is 0 Å². The van der Waals surface area contributed by atoms with E-state index >= 15 is 0 Å². The van der Waals surface area contributed by atoms with Gasteiger partial charge in [-0.25, -0.2) is 4.98 Å². The van der Waals surface area contributed by atoms with Gasteiger partial charge in [0.2, 0.25) is 5.65 Å². The Morgan fingerprint density at radius 3 is 3.30 bits per heavy atom. The molecule has 0 amide bonds. The second-order valence-corrected chi connectivity index (χ2v) is 5.61. The van der Waals surface area contributed by atoms with Crippen LogP contribution >= 0.6 is 11.3 Å². The Hall–Kier alpha value is -1.99. The van der Waals surface area contributed by atoms with Gasteiger partial charge in [0.25, 0.3) is 0 Å². The summed E-state index contributed by atoms with van der Waals surface area (Å²) in [6, 6.07) is 4.17. The van der Waals surface area contributed by atoms with E-state index in [2.05, 4.69) is 37.6 Å². The quantitative estimate of drug-likeness (QED) is 0.719. The summed E-state index contributed by atoms with van der Waals surface area (Å²) in [6.07, 6.45) is 5.43. The molecule has 3 aromatic rings. The number of hydrogen-bond acceptors (Lipinski definition) is 6. The minimum absolute atomic E-state index is 0.105. The predicted molar refractivity (Wildman–Crippen MR) is 76.0 cm³/mol. The molecule has 20 heavy (non-hydrogen) atoms. The number of ether oxygens (including phenoxy) is 1. The average molecular weight is 287 g/mol. The van der Waals surface area contributed by atoms with Crippen LogP contribution in [-0.2, 0) is 4.74 Å². The average Bonchev–Trinajstić information content (AvgIpc) is 3.18. The van der Waals surface area contributed by atoms with Gasteiger partial charge in [-0.2, -0.15) is 0 Å². The van der Waals surface area contributed by atoms with E-state index in [4.69, 9.17) is 4.74 Å². The molecule has 1 aliphatic heterocycles. The predicted octanol–water partition coefficient (Wildman–Crippen LogP) is 1.76. The normalized spacial score (nSPS) is 19.6. The topological polar surface area (TPSA) is 55.6 Å². The summed E-state index contributed by atoms with van der Waals surface area (Å²) in [4.78, 5) is 7.94. The van der Waals surface area contributed by atoms with Gasteiger partial charge in [0.05, 0.1) is 13.2 Å². The number of thiophene rings is 1. The molecule has 4 heterocycles. The minimum atomic E-state index is 0.105. The molecule has 0 bridgehead atoms. The van der Waals surface area contributed by atoms with Gasteiger partial charge in [0.1, 0.15) is 12.4 Å². The molecular weight excluding hydrogens is 274 g/mol. The fraction of sp³-hybridized carbons (Fsp3) is 0.308. The molecule has 0 aromatic carbocycles. The van der Waals surface area contributed by atoms with Crippen molar-refractivity contribution in [3.63, 3.8) is 0 Å². The van der Waals surface area contributed by atoms with Gasteiger partial charge in [-0.1, -0.05) is 6.07 Å². The van der Waals surface area contributed by atoms with Crippen LogP contribution in [0.2, 0.25) is 0 Å². The summed E-state index contributed by atoms with van der Waals surface area (Å²) in [5.41, 5.74) is 0.791. The van der Waals surface area contributed by atoms with Gasteiger partial charge in [-0.05, 0) is 11.4 Å². The van der Waals surface area contributed by atoms with Crippen molar-refractivity contribution in [2.75, 3.05) is 24.6 Å². The number of hydrogen-bond donors (Lipinski definition) is 0. The highest BCUT2D eigenvalue weighted by Crippen LogP contribution is 2.28.